The summed E-state index contributed by atoms with van der Waals surface area (Å²) in [5, 5.41) is 7.48. The number of carbonyl (C=O) groups excluding carboxylic acids is 1. The van der Waals surface area contributed by atoms with Crippen LogP contribution < -0.4 is 22.6 Å². The van der Waals surface area contributed by atoms with Crippen LogP contribution >= 0.6 is 0 Å². The van der Waals surface area contributed by atoms with Gasteiger partial charge in [-0.05, 0) is 30.3 Å². The van der Waals surface area contributed by atoms with E-state index in [4.69, 9.17) is 17.3 Å². The number of nitrogens with two attached hydrogens (primary N) is 3. The summed E-state index contributed by atoms with van der Waals surface area (Å²) in [5.74, 6) is 4.77. The Balaban J connectivity index is 2.30. The first-order chi connectivity index (χ1) is 12.2. The van der Waals surface area contributed by atoms with Crippen LogP contribution in [0.4, 0.5) is 24.5 Å². The molecule has 0 atom stereocenters. The first-order valence-electron chi connectivity index (χ1n) is 7.35. The number of nitrogens with zero attached hydrogens (tertiary/aromatic N) is 2. The van der Waals surface area contributed by atoms with E-state index in [1.807, 2.05) is 0 Å². The molecular weight excluding hydrogens is 349 g/mol. The second-order valence-electron chi connectivity index (χ2n) is 5.30. The summed E-state index contributed by atoms with van der Waals surface area (Å²) < 4.78 is 38.5. The van der Waals surface area contributed by atoms with Gasteiger partial charge in [0.25, 0.3) is 0 Å². The Bertz CT molecular complexity index is 822. The van der Waals surface area contributed by atoms with Crippen molar-refractivity contribution in [2.45, 2.75) is 6.18 Å². The maximum atomic E-state index is 12.8. The fraction of sp³-hybridized carbons (Fsp3) is 0.125. The third-order valence-electron chi connectivity index (χ3n) is 3.23. The number of hydrazone groups is 1. The molecule has 0 heterocycles. The number of amides is 1. The lowest BCUT2D eigenvalue weighted by molar-refractivity contribution is -0.137. The summed E-state index contributed by atoms with van der Waals surface area (Å²) in [6, 6.07) is 11.3. The van der Waals surface area contributed by atoms with E-state index < -0.39 is 17.6 Å². The molecule has 7 nitrogen and oxygen atoms in total. The molecule has 0 saturated heterocycles. The van der Waals surface area contributed by atoms with Crippen LogP contribution in [0.2, 0.25) is 0 Å². The first kappa shape index (κ1) is 19.1. The number of hydrogen-bond acceptors (Lipinski definition) is 5. The van der Waals surface area contributed by atoms with Crippen molar-refractivity contribution in [3.63, 3.8) is 0 Å². The molecule has 2 rings (SSSR count). The molecule has 0 bridgehead atoms. The van der Waals surface area contributed by atoms with Gasteiger partial charge in [0.15, 0.2) is 5.84 Å². The Morgan fingerprint density at radius 1 is 1.12 bits per heavy atom. The summed E-state index contributed by atoms with van der Waals surface area (Å²) in [6.07, 6.45) is -4.45. The Hall–Kier alpha value is -3.27. The quantitative estimate of drug-likeness (QED) is 0.268. The van der Waals surface area contributed by atoms with E-state index >= 15 is 0 Å². The van der Waals surface area contributed by atoms with Gasteiger partial charge in [0, 0.05) is 16.9 Å². The monoisotopic (exact) mass is 366 g/mol. The Labute approximate surface area is 147 Å². The second-order valence-corrected chi connectivity index (χ2v) is 5.30. The molecule has 0 aromatic heterocycles. The lowest BCUT2D eigenvalue weighted by Gasteiger charge is -2.15. The molecule has 7 N–H and O–H groups in total. The highest BCUT2D eigenvalue weighted by atomic mass is 19.4. The van der Waals surface area contributed by atoms with E-state index in [-0.39, 0.29) is 18.1 Å². The van der Waals surface area contributed by atoms with Crippen LogP contribution in [0, 0.1) is 0 Å². The highest BCUT2D eigenvalue weighted by molar-refractivity contribution is 6.02. The zero-order valence-corrected chi connectivity index (χ0v) is 13.5. The van der Waals surface area contributed by atoms with Crippen LogP contribution in [-0.4, -0.2) is 23.4 Å². The third kappa shape index (κ3) is 5.11. The van der Waals surface area contributed by atoms with E-state index in [1.165, 1.54) is 12.1 Å². The summed E-state index contributed by atoms with van der Waals surface area (Å²) in [7, 11) is 0. The Kier molecular flexibility index (Phi) is 5.68. The highest BCUT2D eigenvalue weighted by Crippen LogP contribution is 2.31. The van der Waals surface area contributed by atoms with Crippen molar-refractivity contribution in [2.75, 3.05) is 11.9 Å². The topological polar surface area (TPSA) is 123 Å². The third-order valence-corrected chi connectivity index (χ3v) is 3.23. The molecule has 0 saturated carbocycles. The predicted octanol–water partition coefficient (Wildman–Crippen LogP) is 1.73. The van der Waals surface area contributed by atoms with Crippen molar-refractivity contribution in [3.8, 4) is 0 Å². The number of nitrogens with one attached hydrogen (secondary N) is 1. The fourth-order valence-electron chi connectivity index (χ4n) is 2.13. The molecule has 0 aliphatic heterocycles. The zero-order chi connectivity index (χ0) is 19.3. The molecule has 0 spiro atoms. The summed E-state index contributed by atoms with van der Waals surface area (Å²) >= 11 is 0. The van der Waals surface area contributed by atoms with Crippen LogP contribution in [0.15, 0.2) is 53.6 Å². The standard InChI is InChI=1S/C16H17F3N6O/c17-16(18,19)10-4-3-5-11(8-10)23-13-7-2-1-6-12(13)15(21)24-25(22)9-14(20)26/h1-8,23H,9,22H2,(H2,20,26)(H2,21,24). The summed E-state index contributed by atoms with van der Waals surface area (Å²) in [4.78, 5) is 10.8. The SMILES string of the molecule is NC(=O)CN(N)/N=C(\N)c1ccccc1Nc1cccc(C(F)(F)F)c1. The number of primary amides is 1. The van der Waals surface area contributed by atoms with Crippen molar-refractivity contribution in [1.29, 1.82) is 0 Å². The number of halogens is 3. The van der Waals surface area contributed by atoms with Crippen LogP contribution in [0.5, 0.6) is 0 Å². The number of alkyl halides is 3. The number of anilines is 2. The summed E-state index contributed by atoms with van der Waals surface area (Å²) in [6.45, 7) is -0.343. The lowest BCUT2D eigenvalue weighted by Crippen LogP contribution is -2.37. The van der Waals surface area contributed by atoms with E-state index in [2.05, 4.69) is 10.4 Å². The molecule has 0 aliphatic rings. The van der Waals surface area contributed by atoms with Crippen LogP contribution in [0.3, 0.4) is 0 Å². The molecule has 0 unspecified atom stereocenters. The van der Waals surface area contributed by atoms with Gasteiger partial charge in [-0.1, -0.05) is 18.2 Å². The maximum Gasteiger partial charge on any atom is 0.416 e. The van der Waals surface area contributed by atoms with Crippen LogP contribution in [0.1, 0.15) is 11.1 Å². The van der Waals surface area contributed by atoms with Gasteiger partial charge in [0.1, 0.15) is 6.54 Å². The van der Waals surface area contributed by atoms with Gasteiger partial charge >= 0.3 is 6.18 Å². The first-order valence-corrected chi connectivity index (χ1v) is 7.35. The largest absolute Gasteiger partial charge is 0.416 e. The van der Waals surface area contributed by atoms with E-state index in [0.717, 1.165) is 17.3 Å². The molecule has 2 aromatic rings. The maximum absolute atomic E-state index is 12.8. The van der Waals surface area contributed by atoms with Gasteiger partial charge in [0.2, 0.25) is 5.91 Å². The average Bonchev–Trinajstić information content (AvgIpc) is 2.54. The van der Waals surface area contributed by atoms with Crippen molar-refractivity contribution in [2.24, 2.45) is 22.4 Å². The molecular formula is C16H17F3N6O. The zero-order valence-electron chi connectivity index (χ0n) is 13.5. The summed E-state index contributed by atoms with van der Waals surface area (Å²) in [5.41, 5.74) is 11.1. The minimum Gasteiger partial charge on any atom is -0.382 e. The molecule has 2 aromatic carbocycles. The number of amidine groups is 1. The molecule has 10 heteroatoms. The van der Waals surface area contributed by atoms with Crippen LogP contribution in [-0.2, 0) is 11.0 Å². The van der Waals surface area contributed by atoms with Gasteiger partial charge in [-0.15, -0.1) is 5.10 Å². The molecule has 0 aliphatic carbocycles. The molecule has 0 radical (unpaired) electrons. The number of carbonyl (C=O) groups is 1. The van der Waals surface area contributed by atoms with E-state index in [0.29, 0.717) is 11.3 Å². The predicted molar refractivity (Wildman–Crippen MR) is 92.0 cm³/mol. The second kappa shape index (κ2) is 7.74. The minimum absolute atomic E-state index is 0.0381. The lowest BCUT2D eigenvalue weighted by atomic mass is 10.1. The van der Waals surface area contributed by atoms with Crippen LogP contribution in [0.25, 0.3) is 0 Å². The van der Waals surface area contributed by atoms with Crippen molar-refractivity contribution >= 4 is 23.1 Å². The number of hydrazine groups is 1. The minimum atomic E-state index is -4.45. The number of benzene rings is 2. The van der Waals surface area contributed by atoms with Gasteiger partial charge < -0.3 is 16.8 Å². The van der Waals surface area contributed by atoms with Gasteiger partial charge in [-0.3, -0.25) is 4.79 Å². The van der Waals surface area contributed by atoms with E-state index in [9.17, 15) is 18.0 Å². The molecule has 1 amide bonds. The van der Waals surface area contributed by atoms with Gasteiger partial charge in [-0.2, -0.15) is 13.2 Å². The van der Waals surface area contributed by atoms with Gasteiger partial charge in [0.05, 0.1) is 5.56 Å². The number of hydrogen-bond donors (Lipinski definition) is 4. The van der Waals surface area contributed by atoms with E-state index in [1.54, 1.807) is 24.3 Å². The molecule has 0 fully saturated rings. The average molecular weight is 366 g/mol. The fourth-order valence-corrected chi connectivity index (χ4v) is 2.13. The molecule has 138 valence electrons. The smallest absolute Gasteiger partial charge is 0.382 e. The molecule has 26 heavy (non-hydrogen) atoms. The normalized spacial score (nSPS) is 11.9. The van der Waals surface area contributed by atoms with Crippen molar-refractivity contribution in [3.05, 3.63) is 59.7 Å². The Morgan fingerprint density at radius 3 is 2.46 bits per heavy atom. The van der Waals surface area contributed by atoms with Gasteiger partial charge in [-0.25, -0.2) is 11.0 Å². The number of rotatable bonds is 6. The number of para-hydroxylation sites is 1. The van der Waals surface area contributed by atoms with Crippen molar-refractivity contribution < 1.29 is 18.0 Å². The Morgan fingerprint density at radius 2 is 1.81 bits per heavy atom. The highest BCUT2D eigenvalue weighted by Gasteiger charge is 2.30. The van der Waals surface area contributed by atoms with Crippen molar-refractivity contribution in [1.82, 2.24) is 5.12 Å².